The van der Waals surface area contributed by atoms with Crippen molar-refractivity contribution in [2.75, 3.05) is 44.6 Å². The number of carbonyl (C=O) groups excluding carboxylic acids is 2. The fraction of sp³-hybridized carbons (Fsp3) is 0.619. The molecule has 0 saturated carbocycles. The summed E-state index contributed by atoms with van der Waals surface area (Å²) in [5.74, 6) is 0.830. The van der Waals surface area contributed by atoms with Gasteiger partial charge in [0.2, 0.25) is 5.91 Å². The first-order chi connectivity index (χ1) is 13.2. The Kier molecular flexibility index (Phi) is 7.36. The predicted octanol–water partition coefficient (Wildman–Crippen LogP) is 2.89. The molecule has 1 aromatic rings. The molecule has 148 valence electrons. The summed E-state index contributed by atoms with van der Waals surface area (Å²) in [6.45, 7) is 3.75. The van der Waals surface area contributed by atoms with Gasteiger partial charge < -0.3 is 19.9 Å². The number of likely N-dealkylation sites (tertiary alicyclic amines) is 2. The summed E-state index contributed by atoms with van der Waals surface area (Å²) < 4.78 is 5.65. The lowest BCUT2D eigenvalue weighted by Gasteiger charge is -2.25. The van der Waals surface area contributed by atoms with Crippen molar-refractivity contribution in [3.8, 4) is 5.75 Å². The predicted molar refractivity (Wildman–Crippen MR) is 106 cm³/mol. The van der Waals surface area contributed by atoms with Crippen molar-refractivity contribution in [1.82, 2.24) is 9.80 Å². The van der Waals surface area contributed by atoms with E-state index in [1.807, 2.05) is 34.1 Å². The van der Waals surface area contributed by atoms with Crippen molar-refractivity contribution >= 4 is 17.5 Å². The SMILES string of the molecule is O=C(CNc1cccc(OCC(=O)N2CCCC2)c1)N1CCCCCCC1. The summed E-state index contributed by atoms with van der Waals surface area (Å²) in [5, 5.41) is 3.19. The van der Waals surface area contributed by atoms with Crippen LogP contribution in [-0.2, 0) is 9.59 Å². The van der Waals surface area contributed by atoms with Crippen LogP contribution >= 0.6 is 0 Å². The van der Waals surface area contributed by atoms with Crippen LogP contribution < -0.4 is 10.1 Å². The highest BCUT2D eigenvalue weighted by molar-refractivity contribution is 5.81. The van der Waals surface area contributed by atoms with Crippen LogP contribution in [0.1, 0.15) is 44.9 Å². The van der Waals surface area contributed by atoms with Gasteiger partial charge >= 0.3 is 0 Å². The quantitative estimate of drug-likeness (QED) is 0.833. The number of nitrogens with one attached hydrogen (secondary N) is 1. The summed E-state index contributed by atoms with van der Waals surface area (Å²) in [6.07, 6.45) is 8.07. The molecule has 2 saturated heterocycles. The van der Waals surface area contributed by atoms with Gasteiger partial charge in [0.1, 0.15) is 5.75 Å². The smallest absolute Gasteiger partial charge is 0.260 e. The number of benzene rings is 1. The molecule has 0 unspecified atom stereocenters. The summed E-state index contributed by atoms with van der Waals surface area (Å²) in [6, 6.07) is 7.47. The number of carbonyl (C=O) groups is 2. The third-order valence-corrected chi connectivity index (χ3v) is 5.31. The molecule has 0 aliphatic carbocycles. The first-order valence-electron chi connectivity index (χ1n) is 10.2. The molecular formula is C21H31N3O3. The Morgan fingerprint density at radius 1 is 0.852 bits per heavy atom. The zero-order valence-corrected chi connectivity index (χ0v) is 16.1. The van der Waals surface area contributed by atoms with Crippen LogP contribution in [0.25, 0.3) is 0 Å². The molecule has 2 aliphatic rings. The molecule has 3 rings (SSSR count). The van der Waals surface area contributed by atoms with Crippen LogP contribution in [0.2, 0.25) is 0 Å². The van der Waals surface area contributed by atoms with Gasteiger partial charge in [-0.1, -0.05) is 25.3 Å². The molecule has 27 heavy (non-hydrogen) atoms. The normalized spacial score (nSPS) is 17.9. The Balaban J connectivity index is 1.45. The highest BCUT2D eigenvalue weighted by Gasteiger charge is 2.18. The molecule has 2 fully saturated rings. The van der Waals surface area contributed by atoms with Crippen molar-refractivity contribution < 1.29 is 14.3 Å². The molecule has 0 radical (unpaired) electrons. The lowest BCUT2D eigenvalue weighted by atomic mass is 10.1. The third-order valence-electron chi connectivity index (χ3n) is 5.31. The molecule has 0 aromatic heterocycles. The second-order valence-corrected chi connectivity index (χ2v) is 7.41. The van der Waals surface area contributed by atoms with Gasteiger partial charge in [0.25, 0.3) is 5.91 Å². The van der Waals surface area contributed by atoms with E-state index in [0.717, 1.165) is 57.5 Å². The van der Waals surface area contributed by atoms with Crippen molar-refractivity contribution in [2.45, 2.75) is 44.9 Å². The Morgan fingerprint density at radius 2 is 1.44 bits per heavy atom. The van der Waals surface area contributed by atoms with E-state index in [-0.39, 0.29) is 25.0 Å². The van der Waals surface area contributed by atoms with Crippen molar-refractivity contribution in [3.63, 3.8) is 0 Å². The summed E-state index contributed by atoms with van der Waals surface area (Å²) in [5.41, 5.74) is 0.835. The highest BCUT2D eigenvalue weighted by atomic mass is 16.5. The fourth-order valence-electron chi connectivity index (χ4n) is 3.69. The van der Waals surface area contributed by atoms with E-state index in [9.17, 15) is 9.59 Å². The highest BCUT2D eigenvalue weighted by Crippen LogP contribution is 2.18. The molecule has 0 spiro atoms. The van der Waals surface area contributed by atoms with Gasteiger partial charge in [-0.15, -0.1) is 0 Å². The average Bonchev–Trinajstić information content (AvgIpc) is 3.19. The van der Waals surface area contributed by atoms with Crippen molar-refractivity contribution in [3.05, 3.63) is 24.3 Å². The van der Waals surface area contributed by atoms with E-state index in [0.29, 0.717) is 5.75 Å². The van der Waals surface area contributed by atoms with Gasteiger partial charge in [0.15, 0.2) is 6.61 Å². The van der Waals surface area contributed by atoms with E-state index < -0.39 is 0 Å². The molecule has 1 aromatic carbocycles. The number of nitrogens with zero attached hydrogens (tertiary/aromatic N) is 2. The van der Waals surface area contributed by atoms with E-state index in [1.165, 1.54) is 19.3 Å². The molecule has 1 N–H and O–H groups in total. The Labute approximate surface area is 161 Å². The zero-order valence-electron chi connectivity index (χ0n) is 16.1. The van der Waals surface area contributed by atoms with Crippen LogP contribution in [0.3, 0.4) is 0 Å². The van der Waals surface area contributed by atoms with Crippen LogP contribution in [-0.4, -0.2) is 60.9 Å². The lowest BCUT2D eigenvalue weighted by molar-refractivity contribution is -0.132. The molecule has 6 heteroatoms. The Bertz CT molecular complexity index is 621. The Morgan fingerprint density at radius 3 is 2.15 bits per heavy atom. The van der Waals surface area contributed by atoms with Crippen LogP contribution in [0, 0.1) is 0 Å². The minimum atomic E-state index is 0.0399. The third kappa shape index (κ3) is 6.15. The molecule has 0 atom stereocenters. The number of rotatable bonds is 6. The number of hydrogen-bond acceptors (Lipinski definition) is 4. The first kappa shape index (κ1) is 19.5. The maximum atomic E-state index is 12.5. The molecule has 0 bridgehead atoms. The van der Waals surface area contributed by atoms with E-state index >= 15 is 0 Å². The van der Waals surface area contributed by atoms with Gasteiger partial charge in [0.05, 0.1) is 6.54 Å². The van der Waals surface area contributed by atoms with E-state index in [2.05, 4.69) is 5.32 Å². The number of ether oxygens (including phenoxy) is 1. The maximum Gasteiger partial charge on any atom is 0.260 e. The average molecular weight is 373 g/mol. The monoisotopic (exact) mass is 373 g/mol. The van der Waals surface area contributed by atoms with Crippen LogP contribution in [0.15, 0.2) is 24.3 Å². The number of anilines is 1. The standard InChI is InChI=1S/C21H31N3O3/c25-20(23-11-4-2-1-3-5-12-23)16-22-18-9-8-10-19(15-18)27-17-21(26)24-13-6-7-14-24/h8-10,15,22H,1-7,11-14,16-17H2. The molecule has 2 heterocycles. The Hall–Kier alpha value is -2.24. The van der Waals surface area contributed by atoms with Crippen molar-refractivity contribution in [2.24, 2.45) is 0 Å². The molecule has 6 nitrogen and oxygen atoms in total. The first-order valence-corrected chi connectivity index (χ1v) is 10.2. The van der Waals surface area contributed by atoms with E-state index in [4.69, 9.17) is 4.74 Å². The minimum absolute atomic E-state index is 0.0399. The molecule has 2 aliphatic heterocycles. The minimum Gasteiger partial charge on any atom is -0.484 e. The summed E-state index contributed by atoms with van der Waals surface area (Å²) in [4.78, 5) is 28.4. The van der Waals surface area contributed by atoms with Gasteiger partial charge in [-0.2, -0.15) is 0 Å². The van der Waals surface area contributed by atoms with Gasteiger partial charge in [-0.3, -0.25) is 9.59 Å². The summed E-state index contributed by atoms with van der Waals surface area (Å²) >= 11 is 0. The van der Waals surface area contributed by atoms with Gasteiger partial charge in [-0.25, -0.2) is 0 Å². The summed E-state index contributed by atoms with van der Waals surface area (Å²) in [7, 11) is 0. The van der Waals surface area contributed by atoms with Crippen LogP contribution in [0.4, 0.5) is 5.69 Å². The van der Waals surface area contributed by atoms with Gasteiger partial charge in [0, 0.05) is 37.9 Å². The van der Waals surface area contributed by atoms with E-state index in [1.54, 1.807) is 0 Å². The molecular weight excluding hydrogens is 342 g/mol. The maximum absolute atomic E-state index is 12.5. The van der Waals surface area contributed by atoms with Crippen molar-refractivity contribution in [1.29, 1.82) is 0 Å². The number of amides is 2. The number of hydrogen-bond donors (Lipinski definition) is 1. The lowest BCUT2D eigenvalue weighted by Crippen LogP contribution is -2.37. The van der Waals surface area contributed by atoms with Crippen LogP contribution in [0.5, 0.6) is 5.75 Å². The zero-order chi connectivity index (χ0) is 18.9. The van der Waals surface area contributed by atoms with Gasteiger partial charge in [-0.05, 0) is 37.8 Å². The second kappa shape index (κ2) is 10.2. The topological polar surface area (TPSA) is 61.9 Å². The molecule has 2 amide bonds. The largest absolute Gasteiger partial charge is 0.484 e. The fourth-order valence-corrected chi connectivity index (χ4v) is 3.69. The second-order valence-electron chi connectivity index (χ2n) is 7.41.